The SMILES string of the molecule is I.NC(N)=NCCCCOc1ccc(OCc2ccccc2)cc1. The van der Waals surface area contributed by atoms with Gasteiger partial charge in [-0.1, -0.05) is 30.3 Å². The number of hydrogen-bond acceptors (Lipinski definition) is 3. The molecule has 0 heterocycles. The number of hydrogen-bond donors (Lipinski definition) is 2. The van der Waals surface area contributed by atoms with Gasteiger partial charge in [-0.05, 0) is 42.7 Å². The van der Waals surface area contributed by atoms with Crippen molar-refractivity contribution in [3.8, 4) is 11.5 Å². The highest BCUT2D eigenvalue weighted by atomic mass is 127. The van der Waals surface area contributed by atoms with Crippen molar-refractivity contribution in [2.45, 2.75) is 19.4 Å². The Morgan fingerprint density at radius 3 is 2.08 bits per heavy atom. The van der Waals surface area contributed by atoms with Gasteiger partial charge in [0.25, 0.3) is 0 Å². The second kappa shape index (κ2) is 11.6. The molecule has 0 aliphatic rings. The maximum absolute atomic E-state index is 5.73. The van der Waals surface area contributed by atoms with E-state index in [2.05, 4.69) is 4.99 Å². The quantitative estimate of drug-likeness (QED) is 0.271. The van der Waals surface area contributed by atoms with Crippen LogP contribution in [0.15, 0.2) is 59.6 Å². The van der Waals surface area contributed by atoms with E-state index < -0.39 is 0 Å². The molecule has 2 aromatic carbocycles. The number of rotatable bonds is 9. The number of unbranched alkanes of at least 4 members (excludes halogenated alkanes) is 1. The molecule has 24 heavy (non-hydrogen) atoms. The van der Waals surface area contributed by atoms with Crippen molar-refractivity contribution in [1.29, 1.82) is 0 Å². The number of nitrogens with zero attached hydrogens (tertiary/aromatic N) is 1. The number of aliphatic imine (C=N–C) groups is 1. The summed E-state index contributed by atoms with van der Waals surface area (Å²) in [7, 11) is 0. The van der Waals surface area contributed by atoms with Gasteiger partial charge in [-0.25, -0.2) is 0 Å². The molecule has 2 rings (SSSR count). The fourth-order valence-electron chi connectivity index (χ4n) is 1.99. The van der Waals surface area contributed by atoms with Gasteiger partial charge in [-0.3, -0.25) is 4.99 Å². The first kappa shape index (κ1) is 20.1. The van der Waals surface area contributed by atoms with Gasteiger partial charge in [-0.15, -0.1) is 24.0 Å². The molecule has 0 saturated carbocycles. The largest absolute Gasteiger partial charge is 0.494 e. The fraction of sp³-hybridized carbons (Fsp3) is 0.278. The van der Waals surface area contributed by atoms with Crippen molar-refractivity contribution in [3.05, 3.63) is 60.2 Å². The second-order valence-corrected chi connectivity index (χ2v) is 5.11. The molecule has 130 valence electrons. The van der Waals surface area contributed by atoms with Crippen LogP contribution in [0.25, 0.3) is 0 Å². The van der Waals surface area contributed by atoms with Crippen LogP contribution in [-0.2, 0) is 6.61 Å². The molecule has 0 radical (unpaired) electrons. The lowest BCUT2D eigenvalue weighted by atomic mass is 10.2. The summed E-state index contributed by atoms with van der Waals surface area (Å²) in [5.74, 6) is 1.80. The van der Waals surface area contributed by atoms with Gasteiger partial charge >= 0.3 is 0 Å². The number of halogens is 1. The lowest BCUT2D eigenvalue weighted by Crippen LogP contribution is -2.23. The minimum Gasteiger partial charge on any atom is -0.494 e. The Kier molecular flexibility index (Phi) is 9.67. The molecule has 0 bridgehead atoms. The minimum absolute atomic E-state index is 0. The van der Waals surface area contributed by atoms with Gasteiger partial charge < -0.3 is 20.9 Å². The monoisotopic (exact) mass is 441 g/mol. The minimum atomic E-state index is 0. The third-order valence-electron chi connectivity index (χ3n) is 3.19. The van der Waals surface area contributed by atoms with Crippen molar-refractivity contribution in [2.24, 2.45) is 16.5 Å². The molecule has 0 aliphatic heterocycles. The molecule has 6 heteroatoms. The first-order valence-electron chi connectivity index (χ1n) is 7.69. The molecular weight excluding hydrogens is 417 g/mol. The Morgan fingerprint density at radius 1 is 0.833 bits per heavy atom. The summed E-state index contributed by atoms with van der Waals surface area (Å²) in [4.78, 5) is 3.93. The smallest absolute Gasteiger partial charge is 0.185 e. The van der Waals surface area contributed by atoms with Gasteiger partial charge in [0, 0.05) is 6.54 Å². The zero-order valence-electron chi connectivity index (χ0n) is 13.6. The third-order valence-corrected chi connectivity index (χ3v) is 3.19. The van der Waals surface area contributed by atoms with Gasteiger partial charge in [0.1, 0.15) is 18.1 Å². The number of ether oxygens (including phenoxy) is 2. The van der Waals surface area contributed by atoms with Crippen LogP contribution in [-0.4, -0.2) is 19.1 Å². The molecule has 0 atom stereocenters. The molecule has 0 unspecified atom stereocenters. The highest BCUT2D eigenvalue weighted by Crippen LogP contribution is 2.19. The van der Waals surface area contributed by atoms with Crippen LogP contribution in [0, 0.1) is 0 Å². The van der Waals surface area contributed by atoms with Crippen molar-refractivity contribution < 1.29 is 9.47 Å². The summed E-state index contributed by atoms with van der Waals surface area (Å²) in [6.07, 6.45) is 1.80. The average Bonchev–Trinajstić information content (AvgIpc) is 2.58. The summed E-state index contributed by atoms with van der Waals surface area (Å²) < 4.78 is 11.4. The highest BCUT2D eigenvalue weighted by molar-refractivity contribution is 14.0. The van der Waals surface area contributed by atoms with Crippen molar-refractivity contribution in [3.63, 3.8) is 0 Å². The Hall–Kier alpha value is -1.96. The lowest BCUT2D eigenvalue weighted by Gasteiger charge is -2.08. The van der Waals surface area contributed by atoms with Gasteiger partial charge in [-0.2, -0.15) is 0 Å². The van der Waals surface area contributed by atoms with E-state index in [1.807, 2.05) is 54.6 Å². The zero-order valence-corrected chi connectivity index (χ0v) is 15.9. The van der Waals surface area contributed by atoms with Crippen LogP contribution in [0.5, 0.6) is 11.5 Å². The molecule has 0 aliphatic carbocycles. The Bertz CT molecular complexity index is 599. The summed E-state index contributed by atoms with van der Waals surface area (Å²) >= 11 is 0. The van der Waals surface area contributed by atoms with Crippen LogP contribution in [0.4, 0.5) is 0 Å². The number of benzene rings is 2. The number of guanidine groups is 1. The standard InChI is InChI=1S/C18H23N3O2.HI/c19-18(20)21-12-4-5-13-22-16-8-10-17(11-9-16)23-14-15-6-2-1-3-7-15;/h1-3,6-11H,4-5,12-14H2,(H4,19,20,21);1H. The lowest BCUT2D eigenvalue weighted by molar-refractivity contribution is 0.298. The van der Waals surface area contributed by atoms with Crippen molar-refractivity contribution >= 4 is 29.9 Å². The average molecular weight is 441 g/mol. The van der Waals surface area contributed by atoms with Crippen LogP contribution in [0.3, 0.4) is 0 Å². The Balaban J connectivity index is 0.00000288. The zero-order chi connectivity index (χ0) is 16.3. The van der Waals surface area contributed by atoms with E-state index in [1.165, 1.54) is 0 Å². The maximum atomic E-state index is 5.73. The first-order chi connectivity index (χ1) is 11.2. The molecule has 5 nitrogen and oxygen atoms in total. The van der Waals surface area contributed by atoms with Crippen LogP contribution < -0.4 is 20.9 Å². The van der Waals surface area contributed by atoms with E-state index in [9.17, 15) is 0 Å². The van der Waals surface area contributed by atoms with E-state index in [4.69, 9.17) is 20.9 Å². The third kappa shape index (κ3) is 8.05. The Labute approximate surface area is 160 Å². The van der Waals surface area contributed by atoms with E-state index in [0.717, 1.165) is 29.9 Å². The highest BCUT2D eigenvalue weighted by Gasteiger charge is 1.98. The summed E-state index contributed by atoms with van der Waals surface area (Å²) in [5.41, 5.74) is 11.7. The normalized spacial score (nSPS) is 9.67. The molecule has 0 aromatic heterocycles. The van der Waals surface area contributed by atoms with E-state index in [-0.39, 0.29) is 29.9 Å². The summed E-state index contributed by atoms with van der Waals surface area (Å²) in [5, 5.41) is 0. The molecule has 2 aromatic rings. The molecule has 0 saturated heterocycles. The fourth-order valence-corrected chi connectivity index (χ4v) is 1.99. The molecule has 0 spiro atoms. The molecule has 0 amide bonds. The molecule has 0 fully saturated rings. The predicted octanol–water partition coefficient (Wildman–Crippen LogP) is 3.32. The topological polar surface area (TPSA) is 82.9 Å². The van der Waals surface area contributed by atoms with E-state index >= 15 is 0 Å². The summed E-state index contributed by atoms with van der Waals surface area (Å²) in [6.45, 7) is 1.84. The first-order valence-corrected chi connectivity index (χ1v) is 7.69. The predicted molar refractivity (Wildman–Crippen MR) is 108 cm³/mol. The molecule has 4 N–H and O–H groups in total. The summed E-state index contributed by atoms with van der Waals surface area (Å²) in [6, 6.07) is 17.7. The van der Waals surface area contributed by atoms with Crippen molar-refractivity contribution in [2.75, 3.05) is 13.2 Å². The molecular formula is C18H24IN3O2. The van der Waals surface area contributed by atoms with Gasteiger partial charge in [0.05, 0.1) is 6.61 Å². The Morgan fingerprint density at radius 2 is 1.46 bits per heavy atom. The number of nitrogens with two attached hydrogens (primary N) is 2. The van der Waals surface area contributed by atoms with Crippen molar-refractivity contribution in [1.82, 2.24) is 0 Å². The maximum Gasteiger partial charge on any atom is 0.185 e. The van der Waals surface area contributed by atoms with Crippen LogP contribution in [0.2, 0.25) is 0 Å². The van der Waals surface area contributed by atoms with Crippen LogP contribution in [0.1, 0.15) is 18.4 Å². The van der Waals surface area contributed by atoms with E-state index in [1.54, 1.807) is 0 Å². The van der Waals surface area contributed by atoms with Gasteiger partial charge in [0.2, 0.25) is 0 Å². The van der Waals surface area contributed by atoms with Crippen LogP contribution >= 0.6 is 24.0 Å². The second-order valence-electron chi connectivity index (χ2n) is 5.11. The van der Waals surface area contributed by atoms with E-state index in [0.29, 0.717) is 19.8 Å². The van der Waals surface area contributed by atoms with Gasteiger partial charge in [0.15, 0.2) is 5.96 Å².